The van der Waals surface area contributed by atoms with Crippen LogP contribution in [0.5, 0.6) is 0 Å². The van der Waals surface area contributed by atoms with Gasteiger partial charge in [0.25, 0.3) is 5.91 Å². The van der Waals surface area contributed by atoms with Gasteiger partial charge in [-0.25, -0.2) is 0 Å². The number of hydrogen-bond acceptors (Lipinski definition) is 3. The highest BCUT2D eigenvalue weighted by Crippen LogP contribution is 2.20. The molecule has 6 heteroatoms. The van der Waals surface area contributed by atoms with Crippen molar-refractivity contribution in [2.45, 2.75) is 38.6 Å². The summed E-state index contributed by atoms with van der Waals surface area (Å²) in [6, 6.07) is 2.16. The van der Waals surface area contributed by atoms with E-state index in [4.69, 9.17) is 0 Å². The number of nitrogens with zero attached hydrogens (tertiary/aromatic N) is 1. The number of halogens is 1. The van der Waals surface area contributed by atoms with Crippen molar-refractivity contribution in [1.29, 1.82) is 0 Å². The van der Waals surface area contributed by atoms with Crippen LogP contribution in [0.4, 0.5) is 0 Å². The van der Waals surface area contributed by atoms with Gasteiger partial charge in [0.1, 0.15) is 0 Å². The SMILES string of the molecule is CCCC(=O)NC1CCN(C(=O)c2csc(I)c2)CC1. The second-order valence-corrected chi connectivity index (χ2v) is 7.83. The molecule has 0 bridgehead atoms. The summed E-state index contributed by atoms with van der Waals surface area (Å²) in [6.07, 6.45) is 3.16. The number of hydrogen-bond donors (Lipinski definition) is 1. The molecule has 0 atom stereocenters. The van der Waals surface area contributed by atoms with Crippen molar-refractivity contribution < 1.29 is 9.59 Å². The summed E-state index contributed by atoms with van der Waals surface area (Å²) in [5, 5.41) is 4.96. The molecule has 1 saturated heterocycles. The van der Waals surface area contributed by atoms with Crippen molar-refractivity contribution in [2.75, 3.05) is 13.1 Å². The number of nitrogens with one attached hydrogen (secondary N) is 1. The number of carbonyl (C=O) groups excluding carboxylic acids is 2. The molecular formula is C14H19IN2O2S. The molecule has 2 amide bonds. The molecule has 0 radical (unpaired) electrons. The Hall–Kier alpha value is -0.630. The second-order valence-electron chi connectivity index (χ2n) is 5.02. The van der Waals surface area contributed by atoms with Crippen molar-refractivity contribution >= 4 is 45.7 Å². The fraction of sp³-hybridized carbons (Fsp3) is 0.571. The van der Waals surface area contributed by atoms with E-state index in [2.05, 4.69) is 27.9 Å². The lowest BCUT2D eigenvalue weighted by Gasteiger charge is -2.32. The third-order valence-corrected chi connectivity index (χ3v) is 5.23. The number of likely N-dealkylation sites (tertiary alicyclic amines) is 1. The van der Waals surface area contributed by atoms with Crippen molar-refractivity contribution in [3.05, 3.63) is 19.9 Å². The van der Waals surface area contributed by atoms with Crippen molar-refractivity contribution in [1.82, 2.24) is 10.2 Å². The highest BCUT2D eigenvalue weighted by atomic mass is 127. The zero-order valence-electron chi connectivity index (χ0n) is 11.5. The predicted octanol–water partition coefficient (Wildman–Crippen LogP) is 2.87. The summed E-state index contributed by atoms with van der Waals surface area (Å²) in [7, 11) is 0. The molecule has 0 aliphatic carbocycles. The maximum absolute atomic E-state index is 12.3. The van der Waals surface area contributed by atoms with E-state index in [-0.39, 0.29) is 17.9 Å². The molecule has 1 fully saturated rings. The monoisotopic (exact) mass is 406 g/mol. The molecule has 110 valence electrons. The first-order chi connectivity index (χ1) is 9.60. The van der Waals surface area contributed by atoms with Crippen LogP contribution in [-0.4, -0.2) is 35.8 Å². The number of rotatable bonds is 4. The summed E-state index contributed by atoms with van der Waals surface area (Å²) in [5.74, 6) is 0.243. The van der Waals surface area contributed by atoms with E-state index < -0.39 is 0 Å². The van der Waals surface area contributed by atoms with Gasteiger partial charge in [0, 0.05) is 30.9 Å². The third kappa shape index (κ3) is 4.18. The Bertz CT molecular complexity index is 481. The lowest BCUT2D eigenvalue weighted by atomic mass is 10.0. The molecule has 0 unspecified atom stereocenters. The van der Waals surface area contributed by atoms with E-state index in [9.17, 15) is 9.59 Å². The van der Waals surface area contributed by atoms with Crippen molar-refractivity contribution in [3.8, 4) is 0 Å². The molecule has 0 spiro atoms. The van der Waals surface area contributed by atoms with Crippen LogP contribution in [0.2, 0.25) is 0 Å². The fourth-order valence-electron chi connectivity index (χ4n) is 2.36. The average Bonchev–Trinajstić information content (AvgIpc) is 2.86. The standard InChI is InChI=1S/C14H19IN2O2S/c1-2-3-13(18)16-11-4-6-17(7-5-11)14(19)10-8-12(15)20-9-10/h8-9,11H,2-7H2,1H3,(H,16,18). The molecule has 2 heterocycles. The molecule has 1 aromatic rings. The molecule has 1 aromatic heterocycles. The summed E-state index contributed by atoms with van der Waals surface area (Å²) in [6.45, 7) is 3.45. The number of piperidine rings is 1. The van der Waals surface area contributed by atoms with Crippen LogP contribution < -0.4 is 5.32 Å². The maximum atomic E-state index is 12.3. The summed E-state index contributed by atoms with van der Waals surface area (Å²) in [4.78, 5) is 25.7. The van der Waals surface area contributed by atoms with E-state index in [1.54, 1.807) is 11.3 Å². The number of thiophene rings is 1. The van der Waals surface area contributed by atoms with Gasteiger partial charge in [0.2, 0.25) is 5.91 Å². The van der Waals surface area contributed by atoms with Gasteiger partial charge in [0.15, 0.2) is 0 Å². The number of amides is 2. The Labute approximate surface area is 137 Å². The zero-order chi connectivity index (χ0) is 14.5. The zero-order valence-corrected chi connectivity index (χ0v) is 14.5. The molecule has 1 aliphatic heterocycles. The third-order valence-electron chi connectivity index (χ3n) is 3.44. The molecule has 1 N–H and O–H groups in total. The summed E-state index contributed by atoms with van der Waals surface area (Å²) in [5.41, 5.74) is 0.785. The molecule has 20 heavy (non-hydrogen) atoms. The van der Waals surface area contributed by atoms with Gasteiger partial charge in [-0.15, -0.1) is 11.3 Å². The predicted molar refractivity (Wildman–Crippen MR) is 89.0 cm³/mol. The molecule has 2 rings (SSSR count). The van der Waals surface area contributed by atoms with Gasteiger partial charge >= 0.3 is 0 Å². The molecule has 4 nitrogen and oxygen atoms in total. The Morgan fingerprint density at radius 2 is 2.15 bits per heavy atom. The van der Waals surface area contributed by atoms with Crippen LogP contribution >= 0.6 is 33.9 Å². The maximum Gasteiger partial charge on any atom is 0.254 e. The molecule has 0 aromatic carbocycles. The van der Waals surface area contributed by atoms with Crippen LogP contribution in [0.3, 0.4) is 0 Å². The fourth-order valence-corrected chi connectivity index (χ4v) is 3.68. The lowest BCUT2D eigenvalue weighted by Crippen LogP contribution is -2.46. The van der Waals surface area contributed by atoms with Gasteiger partial charge in [-0.05, 0) is 47.9 Å². The first-order valence-electron chi connectivity index (χ1n) is 6.92. The summed E-state index contributed by atoms with van der Waals surface area (Å²) < 4.78 is 1.13. The van der Waals surface area contributed by atoms with Gasteiger partial charge < -0.3 is 10.2 Å². The van der Waals surface area contributed by atoms with E-state index in [1.807, 2.05) is 23.3 Å². The Balaban J connectivity index is 1.82. The van der Waals surface area contributed by atoms with Crippen LogP contribution in [-0.2, 0) is 4.79 Å². The molecule has 1 aliphatic rings. The largest absolute Gasteiger partial charge is 0.353 e. The Kier molecular flexibility index (Phi) is 5.83. The quantitative estimate of drug-likeness (QED) is 0.782. The van der Waals surface area contributed by atoms with Crippen LogP contribution in [0, 0.1) is 2.88 Å². The van der Waals surface area contributed by atoms with Crippen molar-refractivity contribution in [3.63, 3.8) is 0 Å². The van der Waals surface area contributed by atoms with Gasteiger partial charge in [-0.2, -0.15) is 0 Å². The van der Waals surface area contributed by atoms with E-state index >= 15 is 0 Å². The van der Waals surface area contributed by atoms with Crippen molar-refractivity contribution in [2.24, 2.45) is 0 Å². The van der Waals surface area contributed by atoms with E-state index in [1.165, 1.54) is 0 Å². The topological polar surface area (TPSA) is 49.4 Å². The van der Waals surface area contributed by atoms with E-state index in [0.29, 0.717) is 6.42 Å². The normalized spacial score (nSPS) is 16.2. The highest BCUT2D eigenvalue weighted by molar-refractivity contribution is 14.1. The lowest BCUT2D eigenvalue weighted by molar-refractivity contribution is -0.122. The molecule has 0 saturated carbocycles. The van der Waals surface area contributed by atoms with Crippen LogP contribution in [0.25, 0.3) is 0 Å². The van der Waals surface area contributed by atoms with Gasteiger partial charge in [0.05, 0.1) is 8.45 Å². The first kappa shape index (κ1) is 15.8. The molecular weight excluding hydrogens is 387 g/mol. The van der Waals surface area contributed by atoms with Gasteiger partial charge in [-0.3, -0.25) is 9.59 Å². The van der Waals surface area contributed by atoms with E-state index in [0.717, 1.165) is 40.8 Å². The van der Waals surface area contributed by atoms with Crippen LogP contribution in [0.15, 0.2) is 11.4 Å². The number of carbonyl (C=O) groups is 2. The smallest absolute Gasteiger partial charge is 0.254 e. The Morgan fingerprint density at radius 1 is 1.45 bits per heavy atom. The minimum atomic E-state index is 0.113. The first-order valence-corrected chi connectivity index (χ1v) is 8.88. The second kappa shape index (κ2) is 7.40. The minimum absolute atomic E-state index is 0.113. The summed E-state index contributed by atoms with van der Waals surface area (Å²) >= 11 is 3.82. The van der Waals surface area contributed by atoms with Crippen LogP contribution in [0.1, 0.15) is 43.0 Å². The Morgan fingerprint density at radius 3 is 2.70 bits per heavy atom. The van der Waals surface area contributed by atoms with Gasteiger partial charge in [-0.1, -0.05) is 6.92 Å². The minimum Gasteiger partial charge on any atom is -0.353 e. The highest BCUT2D eigenvalue weighted by Gasteiger charge is 2.24. The average molecular weight is 406 g/mol.